The monoisotopic (exact) mass is 150 g/mol. The van der Waals surface area contributed by atoms with Gasteiger partial charge >= 0.3 is 0 Å². The van der Waals surface area contributed by atoms with Crippen molar-refractivity contribution in [2.75, 3.05) is 12.4 Å². The number of ether oxygens (including phenoxy) is 1. The largest absolute Gasteiger partial charge is 0.495 e. The first-order valence-corrected chi connectivity index (χ1v) is 4.45. The number of hydrogen-bond acceptors (Lipinski definition) is 3. The summed E-state index contributed by atoms with van der Waals surface area (Å²) in [5.74, 6) is 0.950. The van der Waals surface area contributed by atoms with Crippen LogP contribution in [0.15, 0.2) is 11.2 Å². The number of rotatable bonds is 0. The van der Waals surface area contributed by atoms with Gasteiger partial charge in [0, 0.05) is 0 Å². The van der Waals surface area contributed by atoms with Crippen LogP contribution in [0.2, 0.25) is 0 Å². The lowest BCUT2D eigenvalue weighted by Gasteiger charge is -2.32. The highest BCUT2D eigenvalue weighted by Gasteiger charge is 2.14. The highest BCUT2D eigenvalue weighted by Crippen LogP contribution is 2.43. The molecule has 1 rings (SSSR count). The third-order valence-electron chi connectivity index (χ3n) is 1.07. The summed E-state index contributed by atoms with van der Waals surface area (Å²) in [7, 11) is -2.42. The Morgan fingerprint density at radius 1 is 1.67 bits per heavy atom. The second kappa shape index (κ2) is 2.21. The quantitative estimate of drug-likeness (QED) is 0.551. The van der Waals surface area contributed by atoms with Gasteiger partial charge in [0.25, 0.3) is 0 Å². The van der Waals surface area contributed by atoms with Gasteiger partial charge in [-0.1, -0.05) is 0 Å². The van der Waals surface area contributed by atoms with Gasteiger partial charge in [0.2, 0.25) is 0 Å². The first-order chi connectivity index (χ1) is 4.10. The van der Waals surface area contributed by atoms with Gasteiger partial charge in [0.05, 0.1) is 11.2 Å². The SMILES string of the molecule is CC1=CS(O)(O)CCO1. The Hall–Kier alpha value is -0.190. The molecular formula is C5H10O3S. The normalized spacial score (nSPS) is 28.1. The highest BCUT2D eigenvalue weighted by atomic mass is 32.3. The Labute approximate surface area is 55.7 Å². The molecule has 54 valence electrons. The van der Waals surface area contributed by atoms with Crippen molar-refractivity contribution in [1.29, 1.82) is 0 Å². The molecule has 2 N–H and O–H groups in total. The fourth-order valence-corrected chi connectivity index (χ4v) is 1.73. The van der Waals surface area contributed by atoms with Crippen LogP contribution in [0.1, 0.15) is 6.92 Å². The smallest absolute Gasteiger partial charge is 0.109 e. The molecule has 0 amide bonds. The summed E-state index contributed by atoms with van der Waals surface area (Å²) in [4.78, 5) is 0. The minimum Gasteiger partial charge on any atom is -0.495 e. The van der Waals surface area contributed by atoms with E-state index in [1.54, 1.807) is 6.92 Å². The summed E-state index contributed by atoms with van der Waals surface area (Å²) in [5.41, 5.74) is 0. The number of hydrogen-bond donors (Lipinski definition) is 2. The molecule has 1 heterocycles. The zero-order valence-corrected chi connectivity index (χ0v) is 6.02. The third kappa shape index (κ3) is 1.89. The maximum absolute atomic E-state index is 9.03. The maximum Gasteiger partial charge on any atom is 0.109 e. The zero-order valence-electron chi connectivity index (χ0n) is 5.20. The third-order valence-corrected chi connectivity index (χ3v) is 2.55. The zero-order chi connectivity index (χ0) is 6.91. The molecule has 0 saturated heterocycles. The van der Waals surface area contributed by atoms with E-state index >= 15 is 0 Å². The lowest BCUT2D eigenvalue weighted by atomic mass is 10.6. The van der Waals surface area contributed by atoms with E-state index in [-0.39, 0.29) is 0 Å². The van der Waals surface area contributed by atoms with Crippen LogP contribution in [0.5, 0.6) is 0 Å². The van der Waals surface area contributed by atoms with Crippen LogP contribution in [0.4, 0.5) is 0 Å². The molecule has 4 heteroatoms. The molecule has 0 saturated carbocycles. The molecule has 1 aliphatic heterocycles. The molecule has 0 fully saturated rings. The molecule has 0 aromatic heterocycles. The highest BCUT2D eigenvalue weighted by molar-refractivity contribution is 8.26. The Morgan fingerprint density at radius 3 is 2.67 bits per heavy atom. The van der Waals surface area contributed by atoms with Crippen molar-refractivity contribution in [2.45, 2.75) is 6.92 Å². The van der Waals surface area contributed by atoms with Crippen molar-refractivity contribution >= 4 is 10.6 Å². The van der Waals surface area contributed by atoms with Crippen LogP contribution in [-0.2, 0) is 4.74 Å². The summed E-state index contributed by atoms with van der Waals surface area (Å²) in [6, 6.07) is 0. The van der Waals surface area contributed by atoms with Gasteiger partial charge in [0.1, 0.15) is 12.4 Å². The fraction of sp³-hybridized carbons (Fsp3) is 0.600. The Kier molecular flexibility index (Phi) is 1.70. The Balaban J connectivity index is 2.68. The summed E-state index contributed by atoms with van der Waals surface area (Å²) >= 11 is 0. The summed E-state index contributed by atoms with van der Waals surface area (Å²) < 4.78 is 23.0. The van der Waals surface area contributed by atoms with Gasteiger partial charge in [-0.15, -0.1) is 0 Å². The van der Waals surface area contributed by atoms with Crippen molar-refractivity contribution in [1.82, 2.24) is 0 Å². The summed E-state index contributed by atoms with van der Waals surface area (Å²) in [6.45, 7) is 2.14. The predicted molar refractivity (Wildman–Crippen MR) is 37.4 cm³/mol. The number of allylic oxidation sites excluding steroid dienone is 1. The first kappa shape index (κ1) is 6.92. The van der Waals surface area contributed by atoms with Gasteiger partial charge < -0.3 is 4.74 Å². The minimum absolute atomic E-state index is 0.338. The molecule has 0 spiro atoms. The fourth-order valence-electron chi connectivity index (χ4n) is 0.684. The van der Waals surface area contributed by atoms with Gasteiger partial charge in [-0.3, -0.25) is 9.11 Å². The molecule has 0 aromatic rings. The summed E-state index contributed by atoms with van der Waals surface area (Å²) in [5, 5.41) is 1.39. The van der Waals surface area contributed by atoms with E-state index in [0.717, 1.165) is 0 Å². The van der Waals surface area contributed by atoms with E-state index in [0.29, 0.717) is 18.1 Å². The standard InChI is InChI=1S/C5H10O3S/c1-5-4-9(6,7)3-2-8-5/h4,6-7H,2-3H2,1H3. The second-order valence-electron chi connectivity index (χ2n) is 2.00. The molecule has 1 aliphatic rings. The van der Waals surface area contributed by atoms with Crippen molar-refractivity contribution in [2.24, 2.45) is 0 Å². The molecule has 0 atom stereocenters. The van der Waals surface area contributed by atoms with E-state index < -0.39 is 10.6 Å². The maximum atomic E-state index is 9.03. The van der Waals surface area contributed by atoms with E-state index in [4.69, 9.17) is 13.8 Å². The molecule has 0 radical (unpaired) electrons. The van der Waals surface area contributed by atoms with Crippen LogP contribution in [0.25, 0.3) is 0 Å². The van der Waals surface area contributed by atoms with Crippen LogP contribution in [0.3, 0.4) is 0 Å². The Bertz CT molecular complexity index is 141. The van der Waals surface area contributed by atoms with E-state index in [1.165, 1.54) is 5.41 Å². The molecule has 9 heavy (non-hydrogen) atoms. The molecule has 0 bridgehead atoms. The molecule has 3 nitrogen and oxygen atoms in total. The average Bonchev–Trinajstić information content (AvgIpc) is 1.60. The summed E-state index contributed by atoms with van der Waals surface area (Å²) in [6.07, 6.45) is 0. The molecule has 0 unspecified atom stereocenters. The lowest BCUT2D eigenvalue weighted by Crippen LogP contribution is -2.12. The average molecular weight is 150 g/mol. The van der Waals surface area contributed by atoms with E-state index in [1.807, 2.05) is 0 Å². The van der Waals surface area contributed by atoms with E-state index in [2.05, 4.69) is 0 Å². The van der Waals surface area contributed by atoms with Crippen LogP contribution < -0.4 is 0 Å². The van der Waals surface area contributed by atoms with Gasteiger partial charge in [-0.05, 0) is 6.92 Å². The molecular weight excluding hydrogens is 140 g/mol. The minimum atomic E-state index is -2.42. The van der Waals surface area contributed by atoms with Crippen molar-refractivity contribution < 1.29 is 13.8 Å². The molecule has 0 aliphatic carbocycles. The van der Waals surface area contributed by atoms with Crippen LogP contribution in [0, 0.1) is 0 Å². The van der Waals surface area contributed by atoms with Crippen molar-refractivity contribution in [3.05, 3.63) is 11.2 Å². The Morgan fingerprint density at radius 2 is 2.33 bits per heavy atom. The van der Waals surface area contributed by atoms with Gasteiger partial charge in [-0.2, -0.15) is 10.6 Å². The predicted octanol–water partition coefficient (Wildman–Crippen LogP) is 1.63. The van der Waals surface area contributed by atoms with Gasteiger partial charge in [0.15, 0.2) is 0 Å². The van der Waals surface area contributed by atoms with Crippen molar-refractivity contribution in [3.63, 3.8) is 0 Å². The van der Waals surface area contributed by atoms with Crippen LogP contribution >= 0.6 is 10.6 Å². The van der Waals surface area contributed by atoms with Crippen molar-refractivity contribution in [3.8, 4) is 0 Å². The lowest BCUT2D eigenvalue weighted by molar-refractivity contribution is 0.225. The second-order valence-corrected chi connectivity index (χ2v) is 4.08. The van der Waals surface area contributed by atoms with Crippen LogP contribution in [-0.4, -0.2) is 21.5 Å². The van der Waals surface area contributed by atoms with Gasteiger partial charge in [-0.25, -0.2) is 0 Å². The first-order valence-electron chi connectivity index (χ1n) is 2.67. The van der Waals surface area contributed by atoms with E-state index in [9.17, 15) is 0 Å². The molecule has 0 aromatic carbocycles. The topological polar surface area (TPSA) is 49.7 Å².